The SMILES string of the molecule is [O-][N+]1=C(c2ccccc2)/C(=C\c2ccccc2)C1c1ccc(C(F)(F)F)cc1. The van der Waals surface area contributed by atoms with Crippen molar-refractivity contribution in [1.82, 2.24) is 0 Å². The first-order chi connectivity index (χ1) is 13.4. The Balaban J connectivity index is 1.79. The molecule has 2 nitrogen and oxygen atoms in total. The number of hydroxylamine groups is 1. The second-order valence-electron chi connectivity index (χ2n) is 6.57. The Kier molecular flexibility index (Phi) is 4.51. The van der Waals surface area contributed by atoms with Crippen molar-refractivity contribution in [3.8, 4) is 0 Å². The molecular formula is C23H16F3NO. The maximum absolute atomic E-state index is 12.9. The quantitative estimate of drug-likeness (QED) is 0.414. The molecule has 0 saturated carbocycles. The third-order valence-corrected chi connectivity index (χ3v) is 4.75. The summed E-state index contributed by atoms with van der Waals surface area (Å²) in [5.74, 6) is 0. The van der Waals surface area contributed by atoms with Crippen LogP contribution in [0.3, 0.4) is 0 Å². The smallest absolute Gasteiger partial charge is 0.416 e. The molecule has 0 spiro atoms. The third kappa shape index (κ3) is 3.31. The van der Waals surface area contributed by atoms with Crippen LogP contribution in [0.15, 0.2) is 90.5 Å². The van der Waals surface area contributed by atoms with Crippen LogP contribution in [0.2, 0.25) is 0 Å². The molecular weight excluding hydrogens is 363 g/mol. The van der Waals surface area contributed by atoms with E-state index in [0.717, 1.165) is 33.6 Å². The van der Waals surface area contributed by atoms with Crippen LogP contribution in [0.4, 0.5) is 13.2 Å². The predicted molar refractivity (Wildman–Crippen MR) is 103 cm³/mol. The van der Waals surface area contributed by atoms with Gasteiger partial charge in [-0.2, -0.15) is 17.9 Å². The van der Waals surface area contributed by atoms with Gasteiger partial charge in [0.2, 0.25) is 11.8 Å². The van der Waals surface area contributed by atoms with Crippen LogP contribution in [-0.2, 0) is 6.18 Å². The third-order valence-electron chi connectivity index (χ3n) is 4.75. The first-order valence-corrected chi connectivity index (χ1v) is 8.78. The largest absolute Gasteiger partial charge is 0.623 e. The van der Waals surface area contributed by atoms with E-state index in [1.165, 1.54) is 12.1 Å². The Labute approximate surface area is 160 Å². The highest BCUT2D eigenvalue weighted by Gasteiger charge is 2.43. The summed E-state index contributed by atoms with van der Waals surface area (Å²) < 4.78 is 39.4. The van der Waals surface area contributed by atoms with Crippen molar-refractivity contribution in [2.75, 3.05) is 0 Å². The molecule has 3 aromatic rings. The number of hydrogen-bond acceptors (Lipinski definition) is 1. The summed E-state index contributed by atoms with van der Waals surface area (Å²) in [6.45, 7) is 0. The lowest BCUT2D eigenvalue weighted by Crippen LogP contribution is -2.37. The van der Waals surface area contributed by atoms with Crippen LogP contribution in [0.1, 0.15) is 28.3 Å². The topological polar surface area (TPSA) is 26.1 Å². The highest BCUT2D eigenvalue weighted by atomic mass is 19.4. The number of hydrogen-bond donors (Lipinski definition) is 0. The van der Waals surface area contributed by atoms with Gasteiger partial charge in [0, 0.05) is 11.1 Å². The van der Waals surface area contributed by atoms with Crippen LogP contribution in [0.25, 0.3) is 6.08 Å². The fourth-order valence-electron chi connectivity index (χ4n) is 3.38. The van der Waals surface area contributed by atoms with E-state index in [9.17, 15) is 18.4 Å². The van der Waals surface area contributed by atoms with E-state index in [-0.39, 0.29) is 0 Å². The summed E-state index contributed by atoms with van der Waals surface area (Å²) in [6, 6.07) is 22.9. The molecule has 0 radical (unpaired) electrons. The average molecular weight is 379 g/mol. The van der Waals surface area contributed by atoms with Crippen molar-refractivity contribution in [3.63, 3.8) is 0 Å². The Bertz CT molecular complexity index is 1040. The maximum atomic E-state index is 12.9. The summed E-state index contributed by atoms with van der Waals surface area (Å²) in [5, 5.41) is 12.9. The normalized spacial score (nSPS) is 18.2. The Morgan fingerprint density at radius 2 is 1.36 bits per heavy atom. The first kappa shape index (κ1) is 18.0. The van der Waals surface area contributed by atoms with Crippen LogP contribution < -0.4 is 0 Å². The Hall–Kier alpha value is -3.34. The van der Waals surface area contributed by atoms with E-state index in [0.29, 0.717) is 11.3 Å². The molecule has 3 aromatic carbocycles. The molecule has 1 atom stereocenters. The Morgan fingerprint density at radius 1 is 0.786 bits per heavy atom. The molecule has 1 heterocycles. The molecule has 28 heavy (non-hydrogen) atoms. The van der Waals surface area contributed by atoms with Gasteiger partial charge in [0.05, 0.1) is 11.1 Å². The van der Waals surface area contributed by atoms with E-state index in [2.05, 4.69) is 0 Å². The standard InChI is InChI=1S/C23H16F3NO/c24-23(25,26)19-13-11-18(12-14-19)22-20(15-16-7-3-1-4-8-16)21(27(22)28)17-9-5-2-6-10-17/h1-15,22H/b20-15+. The Morgan fingerprint density at radius 3 is 1.93 bits per heavy atom. The van der Waals surface area contributed by atoms with Crippen LogP contribution in [0, 0.1) is 5.21 Å². The van der Waals surface area contributed by atoms with Crippen LogP contribution in [0.5, 0.6) is 0 Å². The minimum absolute atomic E-state index is 0.532. The first-order valence-electron chi connectivity index (χ1n) is 8.78. The minimum Gasteiger partial charge on any atom is -0.623 e. The van der Waals surface area contributed by atoms with Gasteiger partial charge in [-0.1, -0.05) is 60.7 Å². The number of halogens is 3. The van der Waals surface area contributed by atoms with Gasteiger partial charge in [-0.05, 0) is 35.9 Å². The molecule has 0 fully saturated rings. The van der Waals surface area contributed by atoms with Crippen molar-refractivity contribution in [1.29, 1.82) is 0 Å². The fourth-order valence-corrected chi connectivity index (χ4v) is 3.38. The van der Waals surface area contributed by atoms with Crippen molar-refractivity contribution in [3.05, 3.63) is 118 Å². The lowest BCUT2D eigenvalue weighted by atomic mass is 9.84. The average Bonchev–Trinajstić information content (AvgIpc) is 2.69. The molecule has 1 aliphatic rings. The van der Waals surface area contributed by atoms with Gasteiger partial charge in [-0.3, -0.25) is 0 Å². The van der Waals surface area contributed by atoms with Gasteiger partial charge in [-0.25, -0.2) is 0 Å². The number of rotatable bonds is 3. The zero-order chi connectivity index (χ0) is 19.7. The van der Waals surface area contributed by atoms with Gasteiger partial charge < -0.3 is 5.21 Å². The fraction of sp³-hybridized carbons (Fsp3) is 0.0870. The second kappa shape index (κ2) is 7.00. The van der Waals surface area contributed by atoms with E-state index in [1.54, 1.807) is 0 Å². The number of alkyl halides is 3. The molecule has 0 bridgehead atoms. The van der Waals surface area contributed by atoms with Crippen molar-refractivity contribution in [2.45, 2.75) is 12.2 Å². The summed E-state index contributed by atoms with van der Waals surface area (Å²) in [7, 11) is 0. The van der Waals surface area contributed by atoms with Crippen molar-refractivity contribution >= 4 is 11.8 Å². The number of nitrogens with zero attached hydrogens (tertiary/aromatic N) is 1. The molecule has 0 amide bonds. The summed E-state index contributed by atoms with van der Waals surface area (Å²) in [6.07, 6.45) is -2.49. The highest BCUT2D eigenvalue weighted by Crippen LogP contribution is 2.39. The molecule has 0 aliphatic carbocycles. The number of benzene rings is 3. The van der Waals surface area contributed by atoms with E-state index < -0.39 is 17.8 Å². The van der Waals surface area contributed by atoms with Gasteiger partial charge in [0.1, 0.15) is 0 Å². The van der Waals surface area contributed by atoms with Crippen LogP contribution >= 0.6 is 0 Å². The molecule has 0 saturated heterocycles. The zero-order valence-corrected chi connectivity index (χ0v) is 14.7. The molecule has 4 rings (SSSR count). The molecule has 140 valence electrons. The highest BCUT2D eigenvalue weighted by molar-refractivity contribution is 6.15. The van der Waals surface area contributed by atoms with E-state index >= 15 is 0 Å². The van der Waals surface area contributed by atoms with E-state index in [1.807, 2.05) is 66.7 Å². The van der Waals surface area contributed by atoms with E-state index in [4.69, 9.17) is 0 Å². The van der Waals surface area contributed by atoms with Gasteiger partial charge >= 0.3 is 6.18 Å². The zero-order valence-electron chi connectivity index (χ0n) is 14.7. The summed E-state index contributed by atoms with van der Waals surface area (Å²) >= 11 is 0. The lowest BCUT2D eigenvalue weighted by molar-refractivity contribution is -0.516. The minimum atomic E-state index is -4.40. The molecule has 1 unspecified atom stereocenters. The lowest BCUT2D eigenvalue weighted by Gasteiger charge is -2.31. The summed E-state index contributed by atoms with van der Waals surface area (Å²) in [5.41, 5.74) is 2.83. The molecule has 1 aliphatic heterocycles. The van der Waals surface area contributed by atoms with Crippen molar-refractivity contribution in [2.24, 2.45) is 0 Å². The van der Waals surface area contributed by atoms with Gasteiger partial charge in [0.15, 0.2) is 0 Å². The molecule has 0 N–H and O–H groups in total. The predicted octanol–water partition coefficient (Wildman–Crippen LogP) is 5.84. The van der Waals surface area contributed by atoms with Gasteiger partial charge in [0.25, 0.3) is 0 Å². The second-order valence-corrected chi connectivity index (χ2v) is 6.57. The molecule has 5 heteroatoms. The van der Waals surface area contributed by atoms with Gasteiger partial charge in [-0.15, -0.1) is 0 Å². The molecule has 0 aromatic heterocycles. The monoisotopic (exact) mass is 379 g/mol. The van der Waals surface area contributed by atoms with Crippen LogP contribution in [-0.4, -0.2) is 10.5 Å². The maximum Gasteiger partial charge on any atom is 0.416 e. The van der Waals surface area contributed by atoms with Crippen molar-refractivity contribution < 1.29 is 17.9 Å². The summed E-state index contributed by atoms with van der Waals surface area (Å²) in [4.78, 5) is 0.